The van der Waals surface area contributed by atoms with Crippen LogP contribution in [-0.2, 0) is 23.9 Å². The van der Waals surface area contributed by atoms with Crippen molar-refractivity contribution in [3.63, 3.8) is 0 Å². The van der Waals surface area contributed by atoms with E-state index in [1.807, 2.05) is 0 Å². The molecule has 1 aliphatic heterocycles. The number of aliphatic hydroxyl groups excluding tert-OH is 14. The van der Waals surface area contributed by atoms with Gasteiger partial charge in [0.2, 0.25) is 11.8 Å². The minimum absolute atomic E-state index is 0.0243. The Kier molecular flexibility index (Phi) is 22.6. The second kappa shape index (κ2) is 28.4. The third-order valence-electron chi connectivity index (χ3n) is 26.5. The number of hydrogen-bond donors (Lipinski definition) is 16. The fraction of sp³-hybridized carbons (Fsp3) is 0.955. The minimum atomic E-state index is -2.27. The molecule has 88 heavy (non-hydrogen) atoms. The number of amides is 3. The molecular formula is C66H113N3O19. The summed E-state index contributed by atoms with van der Waals surface area (Å²) in [7, 11) is 0. The largest absolute Gasteiger partial charge is 0.394 e. The summed E-state index contributed by atoms with van der Waals surface area (Å²) in [6, 6.07) is 0. The first-order valence-electron chi connectivity index (χ1n) is 34.1. The van der Waals surface area contributed by atoms with Crippen molar-refractivity contribution < 1.29 is 95.3 Å². The van der Waals surface area contributed by atoms with Crippen LogP contribution >= 0.6 is 0 Å². The van der Waals surface area contributed by atoms with Gasteiger partial charge in [-0.25, -0.2) is 0 Å². The lowest BCUT2D eigenvalue weighted by Crippen LogP contribution is -2.62. The van der Waals surface area contributed by atoms with E-state index in [1.165, 1.54) is 0 Å². The predicted octanol–water partition coefficient (Wildman–Crippen LogP) is 0.843. The Morgan fingerprint density at radius 1 is 0.602 bits per heavy atom. The number of rotatable bonds is 24. The quantitative estimate of drug-likeness (QED) is 0.0596. The molecule has 8 aliphatic carbocycles. The summed E-state index contributed by atoms with van der Waals surface area (Å²) in [4.78, 5) is 43.0. The predicted molar refractivity (Wildman–Crippen MR) is 320 cm³/mol. The number of aliphatic hydroxyl groups is 14. The minimum Gasteiger partial charge on any atom is -0.394 e. The average Bonchev–Trinajstić information content (AvgIpc) is 1.33. The molecule has 8 saturated carbocycles. The van der Waals surface area contributed by atoms with Gasteiger partial charge in [0.15, 0.2) is 12.4 Å². The normalized spacial score (nSPS) is 45.8. The first kappa shape index (κ1) is 70.1. The molecule has 0 aromatic heterocycles. The van der Waals surface area contributed by atoms with Crippen LogP contribution in [0.3, 0.4) is 0 Å². The van der Waals surface area contributed by atoms with Crippen molar-refractivity contribution in [1.29, 1.82) is 0 Å². The van der Waals surface area contributed by atoms with Gasteiger partial charge in [-0.05, 0) is 208 Å². The van der Waals surface area contributed by atoms with Gasteiger partial charge in [0.1, 0.15) is 42.7 Å². The van der Waals surface area contributed by atoms with Crippen molar-refractivity contribution in [3.8, 4) is 0 Å². The second-order valence-electron chi connectivity index (χ2n) is 30.8. The van der Waals surface area contributed by atoms with E-state index < -0.39 is 109 Å². The zero-order valence-electron chi connectivity index (χ0n) is 53.2. The summed E-state index contributed by atoms with van der Waals surface area (Å²) in [5.74, 6) is 0.317. The van der Waals surface area contributed by atoms with Crippen LogP contribution in [0.5, 0.6) is 0 Å². The molecule has 9 rings (SSSR count). The monoisotopic (exact) mass is 1250 g/mol. The summed E-state index contributed by atoms with van der Waals surface area (Å²) in [5.41, 5.74) is -0.940. The maximum atomic E-state index is 14.4. The van der Waals surface area contributed by atoms with Crippen LogP contribution in [0, 0.1) is 92.7 Å². The highest BCUT2D eigenvalue weighted by molar-refractivity contribution is 5.81. The molecule has 22 heteroatoms. The van der Waals surface area contributed by atoms with Gasteiger partial charge in [-0.2, -0.15) is 0 Å². The Bertz CT molecular complexity index is 2340. The van der Waals surface area contributed by atoms with E-state index in [0.717, 1.165) is 51.4 Å². The molecule has 0 aromatic rings. The van der Waals surface area contributed by atoms with E-state index in [2.05, 4.69) is 52.2 Å². The molecule has 21 unspecified atom stereocenters. The highest BCUT2D eigenvalue weighted by atomic mass is 16.7. The maximum Gasteiger partial charge on any atom is 0.251 e. The number of nitrogens with zero attached hydrogens (tertiary/aromatic N) is 1. The van der Waals surface area contributed by atoms with Crippen LogP contribution in [0.2, 0.25) is 0 Å². The van der Waals surface area contributed by atoms with Gasteiger partial charge in [-0.15, -0.1) is 0 Å². The Morgan fingerprint density at radius 2 is 1.09 bits per heavy atom. The van der Waals surface area contributed by atoms with Gasteiger partial charge >= 0.3 is 0 Å². The lowest BCUT2D eigenvalue weighted by Gasteiger charge is -2.63. The molecule has 506 valence electrons. The smallest absolute Gasteiger partial charge is 0.251 e. The average molecular weight is 1250 g/mol. The van der Waals surface area contributed by atoms with Crippen molar-refractivity contribution in [2.75, 3.05) is 39.4 Å². The van der Waals surface area contributed by atoms with Crippen LogP contribution in [0.1, 0.15) is 170 Å². The third kappa shape index (κ3) is 13.3. The van der Waals surface area contributed by atoms with Gasteiger partial charge in [-0.3, -0.25) is 14.4 Å². The molecule has 0 bridgehead atoms. The van der Waals surface area contributed by atoms with Crippen molar-refractivity contribution in [3.05, 3.63) is 0 Å². The fourth-order valence-corrected chi connectivity index (χ4v) is 21.2. The fourth-order valence-electron chi connectivity index (χ4n) is 21.2. The third-order valence-corrected chi connectivity index (χ3v) is 26.5. The molecule has 3 amide bonds. The van der Waals surface area contributed by atoms with Gasteiger partial charge in [0.05, 0.1) is 49.8 Å². The van der Waals surface area contributed by atoms with Crippen LogP contribution in [-0.4, -0.2) is 225 Å². The van der Waals surface area contributed by atoms with Crippen LogP contribution in [0.25, 0.3) is 0 Å². The topological polar surface area (TPSA) is 380 Å². The first-order chi connectivity index (χ1) is 41.6. The number of ether oxygens (including phenoxy) is 2. The molecule has 16 N–H and O–H groups in total. The number of fused-ring (bicyclic) bond motifs is 10. The van der Waals surface area contributed by atoms with E-state index in [0.29, 0.717) is 57.8 Å². The van der Waals surface area contributed by atoms with E-state index in [4.69, 9.17) is 9.47 Å². The highest BCUT2D eigenvalue weighted by Gasteiger charge is 2.68. The van der Waals surface area contributed by atoms with Gasteiger partial charge in [0, 0.05) is 39.0 Å². The molecule has 9 fully saturated rings. The van der Waals surface area contributed by atoms with Crippen LogP contribution < -0.4 is 10.6 Å². The van der Waals surface area contributed by atoms with Crippen molar-refractivity contribution in [2.24, 2.45) is 92.7 Å². The van der Waals surface area contributed by atoms with Crippen molar-refractivity contribution in [1.82, 2.24) is 15.5 Å². The highest BCUT2D eigenvalue weighted by Crippen LogP contribution is 2.70. The van der Waals surface area contributed by atoms with Crippen LogP contribution in [0.4, 0.5) is 0 Å². The number of hydrogen-bond acceptors (Lipinski definition) is 19. The van der Waals surface area contributed by atoms with Gasteiger partial charge < -0.3 is 96.5 Å². The zero-order valence-corrected chi connectivity index (χ0v) is 53.2. The summed E-state index contributed by atoms with van der Waals surface area (Å²) in [6.07, 6.45) is -7.03. The molecule has 1 saturated heterocycles. The first-order valence-corrected chi connectivity index (χ1v) is 34.1. The van der Waals surface area contributed by atoms with E-state index in [9.17, 15) is 85.9 Å². The summed E-state index contributed by atoms with van der Waals surface area (Å²) in [6.45, 7) is 12.2. The lowest BCUT2D eigenvalue weighted by molar-refractivity contribution is -0.326. The zero-order chi connectivity index (χ0) is 64.1. The standard InChI is InChI=1S/C66H113N3O19/c1-33(39-11-13-41-53-43(29-49(77)65(39,41)5)63(3)19-17-37(72)25-35(63)27-45(53)74)9-15-51(79)67-21-7-23-69(24-8-22-68-61(86)58(84)57(83)60(47(76)31-70)88-62-59(85)56(82)55(81)48(32-71)87-62)52(80)16-10-34(2)40-12-14-42-54-44(30-50(78)66(40,42)6)64(4)20-18-38(73)26-36(64)28-46(54)75/h33-50,53-60,62,70-78,81-85H,7-32H2,1-6H3,(H,67,79)(H,68,86)/t33?,34?,35?,36?,37-,38-,39?,40?,41?,42?,43?,44?,45-,46-,47?,48?,49+,50+,53?,54?,55?,56?,57?,58?,59?,60?,62?,63+,64-,65-,66-/m1/s1. The molecule has 0 radical (unpaired) electrons. The Labute approximate surface area is 520 Å². The van der Waals surface area contributed by atoms with Gasteiger partial charge in [-0.1, -0.05) is 41.5 Å². The van der Waals surface area contributed by atoms with Crippen LogP contribution in [0.15, 0.2) is 0 Å². The van der Waals surface area contributed by atoms with E-state index in [-0.39, 0.29) is 151 Å². The van der Waals surface area contributed by atoms with Crippen molar-refractivity contribution in [2.45, 2.75) is 262 Å². The Hall–Kier alpha value is -2.23. The molecule has 31 atom stereocenters. The summed E-state index contributed by atoms with van der Waals surface area (Å²) >= 11 is 0. The SMILES string of the molecule is CC(CCC(=O)NCCCN(CCCNC(=O)C(O)C(O)C(OC1OC(CO)C(O)C(O)C1O)C(O)CO)C(=O)CCC(C)C1CCC2C3C(C[C@H](O)[C@]12C)[C@]1(C)CC[C@@H](O)CC1C[C@H]3O)C1CCC2C3C(C[C@H](O)[C@]12C)[C@@]1(C)CC[C@@H](O)CC1C[C@H]3O. The Balaban J connectivity index is 0.796. The summed E-state index contributed by atoms with van der Waals surface area (Å²) < 4.78 is 10.8. The van der Waals surface area contributed by atoms with Gasteiger partial charge in [0.25, 0.3) is 5.91 Å². The lowest BCUT2D eigenvalue weighted by atomic mass is 9.43. The second-order valence-corrected chi connectivity index (χ2v) is 30.8. The van der Waals surface area contributed by atoms with E-state index >= 15 is 0 Å². The molecule has 22 nitrogen and oxygen atoms in total. The number of nitrogens with one attached hydrogen (secondary N) is 2. The molecule has 0 spiro atoms. The van der Waals surface area contributed by atoms with Crippen molar-refractivity contribution >= 4 is 17.7 Å². The molecule has 9 aliphatic rings. The maximum absolute atomic E-state index is 14.4. The molecule has 0 aromatic carbocycles. The number of carbonyl (C=O) groups is 3. The molecule has 1 heterocycles. The summed E-state index contributed by atoms with van der Waals surface area (Å²) in [5, 5.41) is 158. The number of carbonyl (C=O) groups excluding carboxylic acids is 3. The van der Waals surface area contributed by atoms with E-state index in [1.54, 1.807) is 4.90 Å². The Morgan fingerprint density at radius 3 is 1.58 bits per heavy atom. The molecular weight excluding hydrogens is 1140 g/mol.